The number of carbonyl (C=O) groups is 2. The maximum Gasteiger partial charge on any atom is 0.308 e. The highest BCUT2D eigenvalue weighted by Crippen LogP contribution is 2.26. The highest BCUT2D eigenvalue weighted by molar-refractivity contribution is 5.99. The average Bonchev–Trinajstić information content (AvgIpc) is 3.04. The van der Waals surface area contributed by atoms with Gasteiger partial charge in [0, 0.05) is 24.0 Å². The van der Waals surface area contributed by atoms with Gasteiger partial charge in [0.2, 0.25) is 0 Å². The van der Waals surface area contributed by atoms with E-state index in [1.54, 1.807) is 0 Å². The van der Waals surface area contributed by atoms with Crippen molar-refractivity contribution in [2.24, 2.45) is 13.0 Å². The lowest BCUT2D eigenvalue weighted by Crippen LogP contribution is -2.40. The molecule has 21 heavy (non-hydrogen) atoms. The van der Waals surface area contributed by atoms with Gasteiger partial charge < -0.3 is 15.0 Å². The number of fused-ring (bicyclic) bond motifs is 1. The maximum atomic E-state index is 12.4. The van der Waals surface area contributed by atoms with Crippen LogP contribution in [0.4, 0.5) is 0 Å². The molecule has 1 amide bonds. The van der Waals surface area contributed by atoms with Crippen LogP contribution in [0.25, 0.3) is 10.9 Å². The molecule has 2 aromatic rings. The minimum atomic E-state index is -0.824. The van der Waals surface area contributed by atoms with E-state index in [9.17, 15) is 14.7 Å². The average molecular weight is 286 g/mol. The third kappa shape index (κ3) is 2.39. The van der Waals surface area contributed by atoms with E-state index in [0.29, 0.717) is 12.1 Å². The van der Waals surface area contributed by atoms with Crippen molar-refractivity contribution in [1.29, 1.82) is 0 Å². The Morgan fingerprint density at radius 1 is 1.29 bits per heavy atom. The molecule has 0 aliphatic heterocycles. The van der Waals surface area contributed by atoms with Crippen molar-refractivity contribution in [1.82, 2.24) is 9.88 Å². The topological polar surface area (TPSA) is 71.3 Å². The summed E-state index contributed by atoms with van der Waals surface area (Å²) in [4.78, 5) is 23.6. The second-order valence-corrected chi connectivity index (χ2v) is 5.60. The van der Waals surface area contributed by atoms with E-state index in [-0.39, 0.29) is 11.9 Å². The van der Waals surface area contributed by atoms with Gasteiger partial charge in [0.05, 0.1) is 5.92 Å². The quantitative estimate of drug-likeness (QED) is 0.908. The molecule has 2 atom stereocenters. The van der Waals surface area contributed by atoms with Crippen molar-refractivity contribution in [2.45, 2.75) is 25.3 Å². The van der Waals surface area contributed by atoms with Crippen LogP contribution in [-0.2, 0) is 11.8 Å². The Morgan fingerprint density at radius 2 is 2.05 bits per heavy atom. The van der Waals surface area contributed by atoms with E-state index in [2.05, 4.69) is 5.32 Å². The molecule has 1 fully saturated rings. The van der Waals surface area contributed by atoms with Crippen LogP contribution in [0.3, 0.4) is 0 Å². The molecule has 5 heteroatoms. The second kappa shape index (κ2) is 5.24. The number of hydrogen-bond donors (Lipinski definition) is 2. The van der Waals surface area contributed by atoms with Crippen molar-refractivity contribution < 1.29 is 14.7 Å². The number of carbonyl (C=O) groups excluding carboxylic acids is 1. The van der Waals surface area contributed by atoms with Gasteiger partial charge in [-0.2, -0.15) is 0 Å². The van der Waals surface area contributed by atoms with Crippen molar-refractivity contribution >= 4 is 22.8 Å². The van der Waals surface area contributed by atoms with Crippen LogP contribution in [0.15, 0.2) is 30.3 Å². The Hall–Kier alpha value is -2.30. The number of aromatic nitrogens is 1. The summed E-state index contributed by atoms with van der Waals surface area (Å²) in [6.07, 6.45) is 2.21. The zero-order valence-electron chi connectivity index (χ0n) is 11.9. The summed E-state index contributed by atoms with van der Waals surface area (Å²) in [6, 6.07) is 9.36. The molecule has 1 heterocycles. The van der Waals surface area contributed by atoms with E-state index < -0.39 is 11.9 Å². The summed E-state index contributed by atoms with van der Waals surface area (Å²) in [5.74, 6) is -1.50. The molecule has 1 aromatic heterocycles. The fourth-order valence-electron chi connectivity index (χ4n) is 3.18. The summed E-state index contributed by atoms with van der Waals surface area (Å²) < 4.78 is 1.84. The summed E-state index contributed by atoms with van der Waals surface area (Å²) in [5, 5.41) is 13.1. The SMILES string of the molecule is Cn1c(C(=O)N[C@@H]2CCC[C@@H]2C(=O)O)cc2ccccc21. The second-order valence-electron chi connectivity index (χ2n) is 5.60. The largest absolute Gasteiger partial charge is 0.481 e. The van der Waals surface area contributed by atoms with Crippen LogP contribution in [0.2, 0.25) is 0 Å². The fourth-order valence-corrected chi connectivity index (χ4v) is 3.18. The molecule has 0 bridgehead atoms. The van der Waals surface area contributed by atoms with E-state index in [0.717, 1.165) is 23.7 Å². The summed E-state index contributed by atoms with van der Waals surface area (Å²) in [5.41, 5.74) is 1.55. The van der Waals surface area contributed by atoms with Crippen LogP contribution >= 0.6 is 0 Å². The highest BCUT2D eigenvalue weighted by atomic mass is 16.4. The minimum absolute atomic E-state index is 0.202. The molecule has 0 unspecified atom stereocenters. The van der Waals surface area contributed by atoms with Gasteiger partial charge in [0.1, 0.15) is 5.69 Å². The molecule has 5 nitrogen and oxygen atoms in total. The van der Waals surface area contributed by atoms with Crippen LogP contribution in [0.1, 0.15) is 29.8 Å². The molecule has 1 aromatic carbocycles. The number of nitrogens with one attached hydrogen (secondary N) is 1. The smallest absolute Gasteiger partial charge is 0.308 e. The van der Waals surface area contributed by atoms with E-state index >= 15 is 0 Å². The normalized spacial score (nSPS) is 21.6. The van der Waals surface area contributed by atoms with Gasteiger partial charge in [-0.1, -0.05) is 24.6 Å². The summed E-state index contributed by atoms with van der Waals surface area (Å²) in [6.45, 7) is 0. The number of aryl methyl sites for hydroxylation is 1. The highest BCUT2D eigenvalue weighted by Gasteiger charge is 2.34. The number of amides is 1. The van der Waals surface area contributed by atoms with Gasteiger partial charge >= 0.3 is 5.97 Å². The van der Waals surface area contributed by atoms with Crippen molar-refractivity contribution in [3.05, 3.63) is 36.0 Å². The molecule has 1 aliphatic carbocycles. The Morgan fingerprint density at radius 3 is 2.76 bits per heavy atom. The lowest BCUT2D eigenvalue weighted by atomic mass is 10.0. The van der Waals surface area contributed by atoms with Gasteiger partial charge in [0.25, 0.3) is 5.91 Å². The summed E-state index contributed by atoms with van der Waals surface area (Å²) >= 11 is 0. The maximum absolute atomic E-state index is 12.4. The zero-order valence-corrected chi connectivity index (χ0v) is 11.9. The molecule has 1 aliphatic rings. The van der Waals surface area contributed by atoms with Gasteiger partial charge in [-0.3, -0.25) is 9.59 Å². The van der Waals surface area contributed by atoms with Gasteiger partial charge in [-0.25, -0.2) is 0 Å². The Kier molecular flexibility index (Phi) is 3.41. The molecular formula is C16H18N2O3. The van der Waals surface area contributed by atoms with Crippen LogP contribution < -0.4 is 5.32 Å². The molecule has 110 valence electrons. The molecule has 0 spiro atoms. The van der Waals surface area contributed by atoms with E-state index in [1.807, 2.05) is 41.9 Å². The van der Waals surface area contributed by atoms with Gasteiger partial charge in [0.15, 0.2) is 0 Å². The number of para-hydroxylation sites is 1. The first kappa shape index (κ1) is 13.7. The molecule has 0 radical (unpaired) electrons. The number of nitrogens with zero attached hydrogens (tertiary/aromatic N) is 1. The number of aliphatic carboxylic acids is 1. The third-order valence-electron chi connectivity index (χ3n) is 4.33. The first-order valence-electron chi connectivity index (χ1n) is 7.16. The monoisotopic (exact) mass is 286 g/mol. The van der Waals surface area contributed by atoms with Gasteiger partial charge in [-0.05, 0) is 25.0 Å². The Labute approximate surface area is 122 Å². The predicted molar refractivity (Wildman–Crippen MR) is 79.2 cm³/mol. The van der Waals surface area contributed by atoms with Gasteiger partial charge in [-0.15, -0.1) is 0 Å². The molecule has 1 saturated carbocycles. The number of carboxylic acids is 1. The van der Waals surface area contributed by atoms with Crippen molar-refractivity contribution in [3.8, 4) is 0 Å². The molecule has 3 rings (SSSR count). The standard InChI is InChI=1S/C16H18N2O3/c1-18-13-8-3-2-5-10(13)9-14(18)15(19)17-12-7-4-6-11(12)16(20)21/h2-3,5,8-9,11-12H,4,6-7H2,1H3,(H,17,19)(H,20,21)/t11-,12+/m0/s1. The Bertz CT molecular complexity index is 705. The Balaban J connectivity index is 1.84. The van der Waals surface area contributed by atoms with Crippen molar-refractivity contribution in [2.75, 3.05) is 0 Å². The molecule has 0 saturated heterocycles. The summed E-state index contributed by atoms with van der Waals surface area (Å²) in [7, 11) is 1.85. The van der Waals surface area contributed by atoms with Crippen LogP contribution in [0.5, 0.6) is 0 Å². The van der Waals surface area contributed by atoms with Crippen LogP contribution in [0, 0.1) is 5.92 Å². The lowest BCUT2D eigenvalue weighted by Gasteiger charge is -2.17. The van der Waals surface area contributed by atoms with E-state index in [4.69, 9.17) is 0 Å². The number of rotatable bonds is 3. The molecule has 2 N–H and O–H groups in total. The third-order valence-corrected chi connectivity index (χ3v) is 4.33. The number of hydrogen-bond acceptors (Lipinski definition) is 2. The van der Waals surface area contributed by atoms with E-state index in [1.165, 1.54) is 0 Å². The molecular weight excluding hydrogens is 268 g/mol. The van der Waals surface area contributed by atoms with Crippen molar-refractivity contribution in [3.63, 3.8) is 0 Å². The minimum Gasteiger partial charge on any atom is -0.481 e. The zero-order chi connectivity index (χ0) is 15.0. The first-order valence-corrected chi connectivity index (χ1v) is 7.16. The first-order chi connectivity index (χ1) is 10.1. The number of carboxylic acid groups (broad SMARTS) is 1. The fraction of sp³-hybridized carbons (Fsp3) is 0.375. The number of benzene rings is 1. The predicted octanol–water partition coefficient (Wildman–Crippen LogP) is 2.16. The van der Waals surface area contributed by atoms with Crippen LogP contribution in [-0.4, -0.2) is 27.6 Å². The lowest BCUT2D eigenvalue weighted by molar-refractivity contribution is -0.142.